The fraction of sp³-hybridized carbons (Fsp3) is 0.250. The summed E-state index contributed by atoms with van der Waals surface area (Å²) in [6, 6.07) is 10.7. The molecular weight excluding hydrogens is 277 g/mol. The summed E-state index contributed by atoms with van der Waals surface area (Å²) < 4.78 is 19.5. The molecule has 3 rings (SSSR count). The summed E-state index contributed by atoms with van der Waals surface area (Å²) in [5.41, 5.74) is 4.01. The predicted molar refractivity (Wildman–Crippen MR) is 77.2 cm³/mol. The van der Waals surface area contributed by atoms with Gasteiger partial charge in [0.25, 0.3) is 0 Å². The van der Waals surface area contributed by atoms with Crippen molar-refractivity contribution in [1.82, 2.24) is 5.32 Å². The van der Waals surface area contributed by atoms with Gasteiger partial charge >= 0.3 is 0 Å². The van der Waals surface area contributed by atoms with Crippen LogP contribution < -0.4 is 5.32 Å². The Morgan fingerprint density at radius 2 is 1.95 bits per heavy atom. The van der Waals surface area contributed by atoms with Gasteiger partial charge in [-0.1, -0.05) is 35.9 Å². The van der Waals surface area contributed by atoms with E-state index in [0.717, 1.165) is 5.56 Å². The Morgan fingerprint density at radius 1 is 1.15 bits per heavy atom. The molecule has 0 amide bonds. The molecule has 0 aliphatic carbocycles. The average molecular weight is 292 g/mol. The Morgan fingerprint density at radius 3 is 2.70 bits per heavy atom. The zero-order valence-electron chi connectivity index (χ0n) is 11.1. The average Bonchev–Trinajstić information content (AvgIpc) is 2.89. The maximum Gasteiger partial charge on any atom is 0.129 e. The summed E-state index contributed by atoms with van der Waals surface area (Å²) in [5.74, 6) is -0.298. The quantitative estimate of drug-likeness (QED) is 0.928. The standard InChI is InChI=1S/C16H15ClFNO/c1-19-16(14-5-4-13(17)7-15(14)18)10-2-3-11-8-20-9-12(11)6-10/h2-7,16,19H,8-9H2,1H3. The number of benzene rings is 2. The van der Waals surface area contributed by atoms with Crippen molar-refractivity contribution in [1.29, 1.82) is 0 Å². The minimum absolute atomic E-state index is 0.196. The molecule has 1 aliphatic rings. The van der Waals surface area contributed by atoms with Crippen LogP contribution in [0.1, 0.15) is 28.3 Å². The molecule has 1 N–H and O–H groups in total. The van der Waals surface area contributed by atoms with Gasteiger partial charge < -0.3 is 10.1 Å². The van der Waals surface area contributed by atoms with Crippen LogP contribution in [-0.2, 0) is 18.0 Å². The van der Waals surface area contributed by atoms with Gasteiger partial charge in [-0.2, -0.15) is 0 Å². The predicted octanol–water partition coefficient (Wildman–Crippen LogP) is 3.82. The highest BCUT2D eigenvalue weighted by atomic mass is 35.5. The van der Waals surface area contributed by atoms with Crippen LogP contribution in [0.2, 0.25) is 5.02 Å². The van der Waals surface area contributed by atoms with Crippen molar-refractivity contribution in [3.63, 3.8) is 0 Å². The monoisotopic (exact) mass is 291 g/mol. The van der Waals surface area contributed by atoms with E-state index < -0.39 is 0 Å². The first-order valence-electron chi connectivity index (χ1n) is 6.50. The summed E-state index contributed by atoms with van der Waals surface area (Å²) in [5, 5.41) is 3.57. The van der Waals surface area contributed by atoms with Gasteiger partial charge in [-0.15, -0.1) is 0 Å². The van der Waals surface area contributed by atoms with E-state index in [-0.39, 0.29) is 11.9 Å². The molecule has 0 fully saturated rings. The largest absolute Gasteiger partial charge is 0.372 e. The van der Waals surface area contributed by atoms with Crippen molar-refractivity contribution in [3.05, 3.63) is 69.5 Å². The first-order chi connectivity index (χ1) is 9.69. The van der Waals surface area contributed by atoms with Crippen LogP contribution in [0.15, 0.2) is 36.4 Å². The molecule has 1 heterocycles. The van der Waals surface area contributed by atoms with Crippen LogP contribution in [0, 0.1) is 5.82 Å². The molecule has 2 aromatic carbocycles. The summed E-state index contributed by atoms with van der Waals surface area (Å²) in [4.78, 5) is 0. The second-order valence-corrected chi connectivity index (χ2v) is 5.34. The van der Waals surface area contributed by atoms with E-state index in [1.165, 1.54) is 17.2 Å². The Kier molecular flexibility index (Phi) is 3.74. The number of nitrogens with one attached hydrogen (secondary N) is 1. The van der Waals surface area contributed by atoms with Gasteiger partial charge in [0.05, 0.1) is 19.3 Å². The van der Waals surface area contributed by atoms with Crippen molar-refractivity contribution in [2.75, 3.05) is 7.05 Å². The number of hydrogen-bond acceptors (Lipinski definition) is 2. The summed E-state index contributed by atoms with van der Waals surface area (Å²) in [6.07, 6.45) is 0. The van der Waals surface area contributed by atoms with Gasteiger partial charge in [0.2, 0.25) is 0 Å². The van der Waals surface area contributed by atoms with Gasteiger partial charge in [-0.3, -0.25) is 0 Å². The third kappa shape index (κ3) is 2.44. The van der Waals surface area contributed by atoms with E-state index in [1.807, 2.05) is 13.1 Å². The molecule has 1 atom stereocenters. The Balaban J connectivity index is 2.01. The molecule has 1 unspecified atom stereocenters. The van der Waals surface area contributed by atoms with E-state index in [2.05, 4.69) is 17.4 Å². The van der Waals surface area contributed by atoms with Crippen LogP contribution in [0.25, 0.3) is 0 Å². The molecule has 0 saturated heterocycles. The molecular formula is C16H15ClFNO. The van der Waals surface area contributed by atoms with Gasteiger partial charge in [-0.25, -0.2) is 4.39 Å². The number of halogens is 2. The molecule has 104 valence electrons. The zero-order valence-corrected chi connectivity index (χ0v) is 11.9. The molecule has 20 heavy (non-hydrogen) atoms. The maximum atomic E-state index is 14.1. The van der Waals surface area contributed by atoms with Gasteiger partial charge in [0.1, 0.15) is 5.82 Å². The number of hydrogen-bond donors (Lipinski definition) is 1. The molecule has 4 heteroatoms. The van der Waals surface area contributed by atoms with E-state index in [4.69, 9.17) is 16.3 Å². The first kappa shape index (κ1) is 13.6. The van der Waals surface area contributed by atoms with Gasteiger partial charge in [0.15, 0.2) is 0 Å². The van der Waals surface area contributed by atoms with E-state index >= 15 is 0 Å². The lowest BCUT2D eigenvalue weighted by atomic mass is 9.95. The number of rotatable bonds is 3. The topological polar surface area (TPSA) is 21.3 Å². The molecule has 0 bridgehead atoms. The zero-order chi connectivity index (χ0) is 14.1. The van der Waals surface area contributed by atoms with Crippen molar-refractivity contribution in [3.8, 4) is 0 Å². The summed E-state index contributed by atoms with van der Waals surface area (Å²) in [7, 11) is 1.82. The minimum Gasteiger partial charge on any atom is -0.372 e. The lowest BCUT2D eigenvalue weighted by molar-refractivity contribution is 0.134. The third-order valence-corrected chi connectivity index (χ3v) is 3.88. The SMILES string of the molecule is CNC(c1ccc2c(c1)COC2)c1ccc(Cl)cc1F. The second-order valence-electron chi connectivity index (χ2n) is 4.91. The minimum atomic E-state index is -0.298. The second kappa shape index (κ2) is 5.52. The molecule has 0 saturated carbocycles. The molecule has 0 aromatic heterocycles. The highest BCUT2D eigenvalue weighted by Gasteiger charge is 2.19. The van der Waals surface area contributed by atoms with E-state index in [9.17, 15) is 4.39 Å². The molecule has 2 aromatic rings. The summed E-state index contributed by atoms with van der Waals surface area (Å²) in [6.45, 7) is 1.29. The van der Waals surface area contributed by atoms with Gasteiger partial charge in [-0.05, 0) is 35.9 Å². The third-order valence-electron chi connectivity index (χ3n) is 3.64. The Hall–Kier alpha value is -1.42. The lowest BCUT2D eigenvalue weighted by Crippen LogP contribution is -2.19. The first-order valence-corrected chi connectivity index (χ1v) is 6.88. The maximum absolute atomic E-state index is 14.1. The highest BCUT2D eigenvalue weighted by Crippen LogP contribution is 2.29. The van der Waals surface area contributed by atoms with Crippen LogP contribution in [-0.4, -0.2) is 7.05 Å². The molecule has 0 spiro atoms. The van der Waals surface area contributed by atoms with Crippen molar-refractivity contribution in [2.24, 2.45) is 0 Å². The lowest BCUT2D eigenvalue weighted by Gasteiger charge is -2.19. The molecule has 1 aliphatic heterocycles. The number of ether oxygens (including phenoxy) is 1. The smallest absolute Gasteiger partial charge is 0.129 e. The Labute approximate surface area is 122 Å². The number of fused-ring (bicyclic) bond motifs is 1. The highest BCUT2D eigenvalue weighted by molar-refractivity contribution is 6.30. The van der Waals surface area contributed by atoms with Crippen molar-refractivity contribution < 1.29 is 9.13 Å². The van der Waals surface area contributed by atoms with E-state index in [1.54, 1.807) is 12.1 Å². The van der Waals surface area contributed by atoms with E-state index in [0.29, 0.717) is 23.8 Å². The van der Waals surface area contributed by atoms with Crippen LogP contribution in [0.4, 0.5) is 4.39 Å². The fourth-order valence-corrected chi connectivity index (χ4v) is 2.77. The van der Waals surface area contributed by atoms with Crippen LogP contribution >= 0.6 is 11.6 Å². The fourth-order valence-electron chi connectivity index (χ4n) is 2.61. The van der Waals surface area contributed by atoms with Crippen LogP contribution in [0.3, 0.4) is 0 Å². The normalized spacial score (nSPS) is 15.2. The van der Waals surface area contributed by atoms with Gasteiger partial charge in [0, 0.05) is 10.6 Å². The Bertz CT molecular complexity index is 644. The molecule has 2 nitrogen and oxygen atoms in total. The summed E-state index contributed by atoms with van der Waals surface area (Å²) >= 11 is 5.81. The molecule has 0 radical (unpaired) electrons. The van der Waals surface area contributed by atoms with Crippen LogP contribution in [0.5, 0.6) is 0 Å². The van der Waals surface area contributed by atoms with Crippen molar-refractivity contribution >= 4 is 11.6 Å². The van der Waals surface area contributed by atoms with Crippen molar-refractivity contribution in [2.45, 2.75) is 19.3 Å².